The molecule has 0 fully saturated rings. The van der Waals surface area contributed by atoms with Crippen LogP contribution in [0.4, 0.5) is 0 Å². The highest BCUT2D eigenvalue weighted by molar-refractivity contribution is 5.96. The second kappa shape index (κ2) is 8.10. The molecular formula is C23H24N2O5. The number of benzene rings is 2. The number of aromatic nitrogens is 1. The lowest BCUT2D eigenvalue weighted by Crippen LogP contribution is -2.36. The highest BCUT2D eigenvalue weighted by Crippen LogP contribution is 2.30. The predicted octanol–water partition coefficient (Wildman–Crippen LogP) is 3.10. The van der Waals surface area contributed by atoms with Gasteiger partial charge in [0.25, 0.3) is 0 Å². The van der Waals surface area contributed by atoms with E-state index in [0.29, 0.717) is 30.2 Å². The smallest absolute Gasteiger partial charge is 0.337 e. The number of rotatable bonds is 5. The minimum Gasteiger partial charge on any atom is -0.497 e. The molecule has 1 aliphatic heterocycles. The summed E-state index contributed by atoms with van der Waals surface area (Å²) in [6.07, 6.45) is 0.987. The molecule has 0 atom stereocenters. The third-order valence-electron chi connectivity index (χ3n) is 5.58. The summed E-state index contributed by atoms with van der Waals surface area (Å²) in [7, 11) is 4.55. The molecule has 4 rings (SSSR count). The van der Waals surface area contributed by atoms with E-state index < -0.39 is 0 Å². The minimum absolute atomic E-state index is 0.0302. The third kappa shape index (κ3) is 3.58. The number of methoxy groups -OCH3 is 3. The lowest BCUT2D eigenvalue weighted by Gasteiger charge is -2.27. The molecule has 0 radical (unpaired) electrons. The largest absolute Gasteiger partial charge is 0.497 e. The van der Waals surface area contributed by atoms with Crippen LogP contribution in [0, 0.1) is 0 Å². The fourth-order valence-corrected chi connectivity index (χ4v) is 3.94. The first-order valence-corrected chi connectivity index (χ1v) is 9.74. The topological polar surface area (TPSA) is 80.9 Å². The lowest BCUT2D eigenvalue weighted by molar-refractivity contribution is -0.131. The van der Waals surface area contributed by atoms with Crippen molar-refractivity contribution in [3.63, 3.8) is 0 Å². The van der Waals surface area contributed by atoms with Crippen molar-refractivity contribution in [1.82, 2.24) is 9.88 Å². The molecule has 1 aromatic heterocycles. The van der Waals surface area contributed by atoms with E-state index in [2.05, 4.69) is 4.98 Å². The van der Waals surface area contributed by atoms with E-state index in [0.717, 1.165) is 34.1 Å². The first-order valence-electron chi connectivity index (χ1n) is 9.74. The lowest BCUT2D eigenvalue weighted by atomic mass is 10.0. The molecule has 30 heavy (non-hydrogen) atoms. The number of carbonyl (C=O) groups is 2. The van der Waals surface area contributed by atoms with Crippen molar-refractivity contribution in [2.45, 2.75) is 19.4 Å². The maximum atomic E-state index is 13.0. The molecule has 0 bridgehead atoms. The van der Waals surface area contributed by atoms with Crippen LogP contribution in [0.1, 0.15) is 27.2 Å². The number of esters is 1. The quantitative estimate of drug-likeness (QED) is 0.656. The van der Waals surface area contributed by atoms with Gasteiger partial charge in [-0.3, -0.25) is 4.79 Å². The molecule has 2 aromatic carbocycles. The van der Waals surface area contributed by atoms with E-state index in [9.17, 15) is 9.59 Å². The van der Waals surface area contributed by atoms with Crippen molar-refractivity contribution < 1.29 is 23.8 Å². The fraction of sp³-hybridized carbons (Fsp3) is 0.304. The van der Waals surface area contributed by atoms with Crippen LogP contribution in [0.2, 0.25) is 0 Å². The van der Waals surface area contributed by atoms with E-state index in [4.69, 9.17) is 14.2 Å². The molecule has 3 aromatic rings. The van der Waals surface area contributed by atoms with Crippen LogP contribution in [0.15, 0.2) is 36.4 Å². The van der Waals surface area contributed by atoms with Crippen LogP contribution in [0.3, 0.4) is 0 Å². The van der Waals surface area contributed by atoms with Crippen molar-refractivity contribution in [2.75, 3.05) is 27.9 Å². The number of carbonyl (C=O) groups excluding carboxylic acids is 2. The molecule has 7 nitrogen and oxygen atoms in total. The molecule has 0 saturated carbocycles. The molecule has 0 unspecified atom stereocenters. The number of hydrogen-bond acceptors (Lipinski definition) is 5. The molecule has 0 spiro atoms. The summed E-state index contributed by atoms with van der Waals surface area (Å²) in [5, 5.41) is 0.951. The maximum absolute atomic E-state index is 13.0. The van der Waals surface area contributed by atoms with Gasteiger partial charge in [-0.2, -0.15) is 0 Å². The standard InChI is InChI=1S/C23H24N2O5/c1-28-16-6-4-14(21(12-16)29-2)11-22(26)25-9-8-20-18(13-25)17-10-15(23(27)30-3)5-7-19(17)24-20/h4-7,10,12,24H,8-9,11,13H2,1-3H3. The molecule has 156 valence electrons. The Kier molecular flexibility index (Phi) is 5.35. The third-order valence-corrected chi connectivity index (χ3v) is 5.58. The van der Waals surface area contributed by atoms with E-state index >= 15 is 0 Å². The van der Waals surface area contributed by atoms with Crippen molar-refractivity contribution in [2.24, 2.45) is 0 Å². The highest BCUT2D eigenvalue weighted by Gasteiger charge is 2.25. The first kappa shape index (κ1) is 19.8. The zero-order valence-electron chi connectivity index (χ0n) is 17.3. The monoisotopic (exact) mass is 408 g/mol. The summed E-state index contributed by atoms with van der Waals surface area (Å²) in [4.78, 5) is 30.2. The van der Waals surface area contributed by atoms with Gasteiger partial charge in [0.05, 0.1) is 33.3 Å². The van der Waals surface area contributed by atoms with Gasteiger partial charge in [0.1, 0.15) is 11.5 Å². The van der Waals surface area contributed by atoms with E-state index in [1.165, 1.54) is 7.11 Å². The minimum atomic E-state index is -0.373. The van der Waals surface area contributed by atoms with Gasteiger partial charge in [0.2, 0.25) is 5.91 Å². The summed E-state index contributed by atoms with van der Waals surface area (Å²) in [5.41, 5.74) is 4.44. The average Bonchev–Trinajstić information content (AvgIpc) is 3.15. The number of H-pyrrole nitrogens is 1. The molecule has 0 aliphatic carbocycles. The SMILES string of the molecule is COC(=O)c1ccc2[nH]c3c(c2c1)CN(C(=O)Cc1ccc(OC)cc1OC)CC3. The number of nitrogens with one attached hydrogen (secondary N) is 1. The number of fused-ring (bicyclic) bond motifs is 3. The van der Waals surface area contributed by atoms with Gasteiger partial charge in [0, 0.05) is 53.3 Å². The molecule has 7 heteroatoms. The summed E-state index contributed by atoms with van der Waals surface area (Å²) >= 11 is 0. The molecular weight excluding hydrogens is 384 g/mol. The van der Waals surface area contributed by atoms with E-state index in [-0.39, 0.29) is 18.3 Å². The molecule has 1 amide bonds. The number of nitrogens with zero attached hydrogens (tertiary/aromatic N) is 1. The van der Waals surface area contributed by atoms with Crippen molar-refractivity contribution in [1.29, 1.82) is 0 Å². The Morgan fingerprint density at radius 2 is 1.90 bits per heavy atom. The second-order valence-electron chi connectivity index (χ2n) is 7.25. The van der Waals surface area contributed by atoms with Crippen LogP contribution in [0.25, 0.3) is 10.9 Å². The number of hydrogen-bond donors (Lipinski definition) is 1. The van der Waals surface area contributed by atoms with Crippen molar-refractivity contribution in [3.05, 3.63) is 58.8 Å². The highest BCUT2D eigenvalue weighted by atomic mass is 16.5. The molecule has 1 N–H and O–H groups in total. The fourth-order valence-electron chi connectivity index (χ4n) is 3.94. The summed E-state index contributed by atoms with van der Waals surface area (Å²) in [6, 6.07) is 10.9. The Balaban J connectivity index is 1.57. The first-order chi connectivity index (χ1) is 14.5. The molecule has 0 saturated heterocycles. The van der Waals surface area contributed by atoms with Gasteiger partial charge in [-0.25, -0.2) is 4.79 Å². The van der Waals surface area contributed by atoms with Gasteiger partial charge in [-0.1, -0.05) is 6.07 Å². The Hall–Kier alpha value is -3.48. The van der Waals surface area contributed by atoms with Crippen LogP contribution in [0.5, 0.6) is 11.5 Å². The summed E-state index contributed by atoms with van der Waals surface area (Å²) < 4.78 is 15.5. The van der Waals surface area contributed by atoms with Gasteiger partial charge < -0.3 is 24.1 Å². The Morgan fingerprint density at radius 3 is 2.63 bits per heavy atom. The van der Waals surface area contributed by atoms with Crippen LogP contribution in [-0.4, -0.2) is 49.6 Å². The molecule has 2 heterocycles. The number of aromatic amines is 1. The maximum Gasteiger partial charge on any atom is 0.337 e. The second-order valence-corrected chi connectivity index (χ2v) is 7.25. The van der Waals surface area contributed by atoms with E-state index in [1.54, 1.807) is 26.4 Å². The number of ether oxygens (including phenoxy) is 3. The van der Waals surface area contributed by atoms with E-state index in [1.807, 2.05) is 29.2 Å². The molecule has 1 aliphatic rings. The predicted molar refractivity (Wildman–Crippen MR) is 112 cm³/mol. The number of amides is 1. The summed E-state index contributed by atoms with van der Waals surface area (Å²) in [5.74, 6) is 0.978. The Labute approximate surface area is 174 Å². The Bertz CT molecular complexity index is 1120. The van der Waals surface area contributed by atoms with Gasteiger partial charge in [-0.05, 0) is 24.3 Å². The Morgan fingerprint density at radius 1 is 1.07 bits per heavy atom. The summed E-state index contributed by atoms with van der Waals surface area (Å²) in [6.45, 7) is 1.14. The zero-order valence-corrected chi connectivity index (χ0v) is 17.3. The van der Waals surface area contributed by atoms with Gasteiger partial charge >= 0.3 is 5.97 Å². The zero-order chi connectivity index (χ0) is 21.3. The average molecular weight is 408 g/mol. The van der Waals surface area contributed by atoms with Crippen LogP contribution >= 0.6 is 0 Å². The van der Waals surface area contributed by atoms with Gasteiger partial charge in [0.15, 0.2) is 0 Å². The van der Waals surface area contributed by atoms with Gasteiger partial charge in [-0.15, -0.1) is 0 Å². The normalized spacial score (nSPS) is 13.1. The van der Waals surface area contributed by atoms with Crippen LogP contribution in [-0.2, 0) is 28.9 Å². The van der Waals surface area contributed by atoms with Crippen molar-refractivity contribution >= 4 is 22.8 Å². The van der Waals surface area contributed by atoms with Crippen molar-refractivity contribution in [3.8, 4) is 11.5 Å². The van der Waals surface area contributed by atoms with Crippen LogP contribution < -0.4 is 9.47 Å².